The minimum atomic E-state index is -3.26. The van der Waals surface area contributed by atoms with Gasteiger partial charge in [0.25, 0.3) is 0 Å². The maximum absolute atomic E-state index is 11.6. The molecule has 114 valence electrons. The molecule has 0 aliphatic carbocycles. The van der Waals surface area contributed by atoms with Gasteiger partial charge in [0.1, 0.15) is 0 Å². The highest BCUT2D eigenvalue weighted by Gasteiger charge is 2.13. The number of sulfone groups is 1. The number of halogens is 1. The second-order valence-electron chi connectivity index (χ2n) is 4.91. The van der Waals surface area contributed by atoms with Crippen molar-refractivity contribution in [2.45, 2.75) is 31.3 Å². The van der Waals surface area contributed by atoms with Crippen molar-refractivity contribution in [1.82, 2.24) is 9.78 Å². The lowest BCUT2D eigenvalue weighted by molar-refractivity contribution is 0.602. The molecular formula is C14H18ClN3O2S. The van der Waals surface area contributed by atoms with Crippen LogP contribution in [0.15, 0.2) is 35.5 Å². The van der Waals surface area contributed by atoms with Gasteiger partial charge in [-0.1, -0.05) is 11.6 Å². The maximum atomic E-state index is 11.6. The number of rotatable bonds is 5. The van der Waals surface area contributed by atoms with Crippen molar-refractivity contribution in [2.75, 3.05) is 11.6 Å². The maximum Gasteiger partial charge on any atom is 0.175 e. The highest BCUT2D eigenvalue weighted by Crippen LogP contribution is 2.28. The van der Waals surface area contributed by atoms with Gasteiger partial charge in [-0.25, -0.2) is 8.42 Å². The van der Waals surface area contributed by atoms with Crippen LogP contribution in [0, 0.1) is 0 Å². The minimum absolute atomic E-state index is 0.0300. The molecule has 1 atom stereocenters. The molecule has 0 saturated heterocycles. The first kappa shape index (κ1) is 15.9. The lowest BCUT2D eigenvalue weighted by Gasteiger charge is -2.15. The number of nitrogens with one attached hydrogen (secondary N) is 1. The van der Waals surface area contributed by atoms with Crippen molar-refractivity contribution >= 4 is 27.1 Å². The van der Waals surface area contributed by atoms with Crippen molar-refractivity contribution in [2.24, 2.45) is 0 Å². The third-order valence-corrected chi connectivity index (χ3v) is 4.66. The van der Waals surface area contributed by atoms with E-state index in [0.29, 0.717) is 10.7 Å². The molecule has 0 fully saturated rings. The van der Waals surface area contributed by atoms with Crippen LogP contribution in [0.1, 0.15) is 25.5 Å². The van der Waals surface area contributed by atoms with Crippen LogP contribution in [0.2, 0.25) is 5.02 Å². The SMILES string of the molecule is CCn1cc(C(C)Nc2cc(S(C)(=O)=O)ccc2Cl)cn1. The van der Waals surface area contributed by atoms with Crippen LogP contribution in [0.5, 0.6) is 0 Å². The molecule has 1 unspecified atom stereocenters. The number of anilines is 1. The van der Waals surface area contributed by atoms with Crippen LogP contribution in [0.25, 0.3) is 0 Å². The molecule has 2 aromatic rings. The van der Waals surface area contributed by atoms with Crippen molar-refractivity contribution in [1.29, 1.82) is 0 Å². The van der Waals surface area contributed by atoms with Gasteiger partial charge in [0.2, 0.25) is 0 Å². The zero-order chi connectivity index (χ0) is 15.6. The summed E-state index contributed by atoms with van der Waals surface area (Å²) in [6.07, 6.45) is 4.91. The Morgan fingerprint density at radius 1 is 1.43 bits per heavy atom. The van der Waals surface area contributed by atoms with Crippen LogP contribution in [0.3, 0.4) is 0 Å². The first-order valence-corrected chi connectivity index (χ1v) is 8.86. The quantitative estimate of drug-likeness (QED) is 0.916. The fraction of sp³-hybridized carbons (Fsp3) is 0.357. The van der Waals surface area contributed by atoms with Crippen molar-refractivity contribution in [3.8, 4) is 0 Å². The van der Waals surface area contributed by atoms with E-state index in [0.717, 1.165) is 12.1 Å². The topological polar surface area (TPSA) is 64.0 Å². The average Bonchev–Trinajstić information content (AvgIpc) is 2.88. The summed E-state index contributed by atoms with van der Waals surface area (Å²) >= 11 is 6.13. The Kier molecular flexibility index (Phi) is 4.58. The van der Waals surface area contributed by atoms with Crippen LogP contribution in [0.4, 0.5) is 5.69 Å². The van der Waals surface area contributed by atoms with Gasteiger partial charge in [-0.2, -0.15) is 5.10 Å². The third-order valence-electron chi connectivity index (χ3n) is 3.22. The summed E-state index contributed by atoms with van der Waals surface area (Å²) in [6, 6.07) is 4.61. The van der Waals surface area contributed by atoms with E-state index in [1.807, 2.05) is 24.7 Å². The normalized spacial score (nSPS) is 13.1. The number of aryl methyl sites for hydroxylation is 1. The van der Waals surface area contributed by atoms with E-state index in [-0.39, 0.29) is 10.9 Å². The van der Waals surface area contributed by atoms with E-state index < -0.39 is 9.84 Å². The summed E-state index contributed by atoms with van der Waals surface area (Å²) in [4.78, 5) is 0.242. The number of hydrogen-bond acceptors (Lipinski definition) is 4. The second-order valence-corrected chi connectivity index (χ2v) is 7.33. The van der Waals surface area contributed by atoms with Gasteiger partial charge < -0.3 is 5.32 Å². The van der Waals surface area contributed by atoms with Crippen molar-refractivity contribution in [3.05, 3.63) is 41.2 Å². The lowest BCUT2D eigenvalue weighted by atomic mass is 10.2. The molecule has 0 spiro atoms. The monoisotopic (exact) mass is 327 g/mol. The van der Waals surface area contributed by atoms with E-state index in [4.69, 9.17) is 11.6 Å². The summed E-state index contributed by atoms with van der Waals surface area (Å²) < 4.78 is 25.1. The third kappa shape index (κ3) is 3.77. The Morgan fingerprint density at radius 2 is 2.14 bits per heavy atom. The number of aromatic nitrogens is 2. The summed E-state index contributed by atoms with van der Waals surface area (Å²) in [7, 11) is -3.26. The summed E-state index contributed by atoms with van der Waals surface area (Å²) in [6.45, 7) is 4.79. The lowest BCUT2D eigenvalue weighted by Crippen LogP contribution is -2.07. The summed E-state index contributed by atoms with van der Waals surface area (Å²) in [5.41, 5.74) is 1.61. The summed E-state index contributed by atoms with van der Waals surface area (Å²) in [5.74, 6) is 0. The van der Waals surface area contributed by atoms with Crippen LogP contribution >= 0.6 is 11.6 Å². The van der Waals surface area contributed by atoms with Crippen molar-refractivity contribution < 1.29 is 8.42 Å². The molecule has 0 bridgehead atoms. The zero-order valence-electron chi connectivity index (χ0n) is 12.2. The van der Waals surface area contributed by atoms with E-state index in [1.165, 1.54) is 12.3 Å². The Hall–Kier alpha value is -1.53. The van der Waals surface area contributed by atoms with Gasteiger partial charge in [0.05, 0.1) is 27.8 Å². The standard InChI is InChI=1S/C14H18ClN3O2S/c1-4-18-9-11(8-16-18)10(2)17-14-7-12(21(3,19)20)5-6-13(14)15/h5-10,17H,4H2,1-3H3. The molecular weight excluding hydrogens is 310 g/mol. The molecule has 0 aliphatic heterocycles. The average molecular weight is 328 g/mol. The van der Waals surface area contributed by atoms with Crippen LogP contribution in [-0.2, 0) is 16.4 Å². The van der Waals surface area contributed by atoms with Gasteiger partial charge in [-0.05, 0) is 32.0 Å². The first-order chi connectivity index (χ1) is 9.81. The molecule has 1 N–H and O–H groups in total. The van der Waals surface area contributed by atoms with Gasteiger partial charge in [0, 0.05) is 24.6 Å². The Bertz CT molecular complexity index is 740. The number of hydrogen-bond donors (Lipinski definition) is 1. The molecule has 0 saturated carbocycles. The number of nitrogens with zero attached hydrogens (tertiary/aromatic N) is 2. The van der Waals surface area contributed by atoms with E-state index in [2.05, 4.69) is 10.4 Å². The Morgan fingerprint density at radius 3 is 2.71 bits per heavy atom. The molecule has 2 rings (SSSR count). The molecule has 1 aromatic carbocycles. The molecule has 0 aliphatic rings. The molecule has 0 radical (unpaired) electrons. The van der Waals surface area contributed by atoms with Crippen molar-refractivity contribution in [3.63, 3.8) is 0 Å². The predicted octanol–water partition coefficient (Wildman–Crippen LogP) is 3.13. The molecule has 0 amide bonds. The molecule has 5 nitrogen and oxygen atoms in total. The largest absolute Gasteiger partial charge is 0.377 e. The van der Waals surface area contributed by atoms with Crippen LogP contribution < -0.4 is 5.32 Å². The highest BCUT2D eigenvalue weighted by molar-refractivity contribution is 7.90. The highest BCUT2D eigenvalue weighted by atomic mass is 35.5. The Balaban J connectivity index is 2.26. The molecule has 1 heterocycles. The smallest absolute Gasteiger partial charge is 0.175 e. The Labute approximate surface area is 129 Å². The molecule has 21 heavy (non-hydrogen) atoms. The van der Waals surface area contributed by atoms with Gasteiger partial charge >= 0.3 is 0 Å². The second kappa shape index (κ2) is 6.07. The predicted molar refractivity (Wildman–Crippen MR) is 84.5 cm³/mol. The number of benzene rings is 1. The first-order valence-electron chi connectivity index (χ1n) is 6.59. The fourth-order valence-corrected chi connectivity index (χ4v) is 2.76. The van der Waals surface area contributed by atoms with E-state index >= 15 is 0 Å². The van der Waals surface area contributed by atoms with Gasteiger partial charge in [-0.15, -0.1) is 0 Å². The minimum Gasteiger partial charge on any atom is -0.377 e. The van der Waals surface area contributed by atoms with Gasteiger partial charge in [0.15, 0.2) is 9.84 Å². The van der Waals surface area contributed by atoms with Crippen LogP contribution in [-0.4, -0.2) is 24.5 Å². The summed E-state index contributed by atoms with van der Waals surface area (Å²) in [5, 5.41) is 7.93. The molecule has 1 aromatic heterocycles. The fourth-order valence-electron chi connectivity index (χ4n) is 1.94. The zero-order valence-corrected chi connectivity index (χ0v) is 13.7. The van der Waals surface area contributed by atoms with Gasteiger partial charge in [-0.3, -0.25) is 4.68 Å². The van der Waals surface area contributed by atoms with E-state index in [1.54, 1.807) is 18.3 Å². The molecule has 7 heteroatoms. The van der Waals surface area contributed by atoms with E-state index in [9.17, 15) is 8.42 Å².